The molecule has 0 bridgehead atoms. The van der Waals surface area contributed by atoms with Gasteiger partial charge in [0.15, 0.2) is 5.82 Å². The Kier molecular flexibility index (Phi) is 1.55. The fourth-order valence-corrected chi connectivity index (χ4v) is 0.990. The average molecular weight is 179 g/mol. The van der Waals surface area contributed by atoms with Crippen molar-refractivity contribution in [2.75, 3.05) is 0 Å². The van der Waals surface area contributed by atoms with Gasteiger partial charge in [-0.2, -0.15) is 4.73 Å². The third kappa shape index (κ3) is 1.06. The number of rotatable bonds is 1. The molecule has 0 aromatic heterocycles. The van der Waals surface area contributed by atoms with Gasteiger partial charge in [0, 0.05) is 0 Å². The molecule has 0 radical (unpaired) electrons. The van der Waals surface area contributed by atoms with Crippen LogP contribution in [0.1, 0.15) is 5.69 Å². The molecule has 2 aliphatic rings. The maximum absolute atomic E-state index is 9.20. The molecule has 2 N–H and O–H groups in total. The fourth-order valence-electron chi connectivity index (χ4n) is 0.990. The van der Waals surface area contributed by atoms with Gasteiger partial charge in [-0.05, 0) is 0 Å². The van der Waals surface area contributed by atoms with Crippen LogP contribution >= 0.6 is 0 Å². The SMILES string of the molecule is O/N=C/c1ncn(O)c2ncnc1-2. The van der Waals surface area contributed by atoms with Crippen molar-refractivity contribution in [1.29, 1.82) is 0 Å². The summed E-state index contributed by atoms with van der Waals surface area (Å²) in [6, 6.07) is 0. The Bertz CT molecular complexity index is 423. The molecule has 0 fully saturated rings. The van der Waals surface area contributed by atoms with Crippen molar-refractivity contribution in [3.8, 4) is 11.5 Å². The summed E-state index contributed by atoms with van der Waals surface area (Å²) < 4.78 is 0.747. The maximum atomic E-state index is 9.20. The molecule has 2 heterocycles. The van der Waals surface area contributed by atoms with E-state index in [4.69, 9.17) is 5.21 Å². The zero-order valence-corrected chi connectivity index (χ0v) is 6.36. The molecule has 2 aliphatic heterocycles. The normalized spacial score (nSPS) is 11.4. The van der Waals surface area contributed by atoms with Crippen LogP contribution in [0.3, 0.4) is 0 Å². The van der Waals surface area contributed by atoms with Crippen molar-refractivity contribution in [2.45, 2.75) is 0 Å². The van der Waals surface area contributed by atoms with E-state index in [-0.39, 0.29) is 5.82 Å². The predicted octanol–water partition coefficient (Wildman–Crippen LogP) is -0.177. The topological polar surface area (TPSA) is 96.4 Å². The van der Waals surface area contributed by atoms with Crippen LogP contribution in [0, 0.1) is 0 Å². The largest absolute Gasteiger partial charge is 0.425 e. The van der Waals surface area contributed by atoms with Crippen molar-refractivity contribution in [1.82, 2.24) is 19.7 Å². The van der Waals surface area contributed by atoms with Gasteiger partial charge >= 0.3 is 0 Å². The van der Waals surface area contributed by atoms with Gasteiger partial charge < -0.3 is 10.4 Å². The second-order valence-electron chi connectivity index (χ2n) is 2.26. The minimum Gasteiger partial charge on any atom is -0.425 e. The molecule has 7 heteroatoms. The molecule has 2 rings (SSSR count). The van der Waals surface area contributed by atoms with E-state index < -0.39 is 0 Å². The first kappa shape index (κ1) is 7.47. The molecule has 0 atom stereocenters. The van der Waals surface area contributed by atoms with Crippen LogP contribution in [-0.2, 0) is 0 Å². The van der Waals surface area contributed by atoms with E-state index in [0.29, 0.717) is 11.4 Å². The lowest BCUT2D eigenvalue weighted by molar-refractivity contribution is 0.183. The molecule has 0 aromatic rings. The van der Waals surface area contributed by atoms with Gasteiger partial charge in [-0.25, -0.2) is 15.0 Å². The van der Waals surface area contributed by atoms with Gasteiger partial charge in [-0.1, -0.05) is 5.16 Å². The molecule has 0 aliphatic carbocycles. The summed E-state index contributed by atoms with van der Waals surface area (Å²) in [4.78, 5) is 11.4. The van der Waals surface area contributed by atoms with Gasteiger partial charge in [-0.3, -0.25) is 0 Å². The Morgan fingerprint density at radius 2 is 2.23 bits per heavy atom. The summed E-state index contributed by atoms with van der Waals surface area (Å²) in [7, 11) is 0. The number of nitrogens with zero attached hydrogens (tertiary/aromatic N) is 5. The lowest BCUT2D eigenvalue weighted by atomic mass is 10.3. The Morgan fingerprint density at radius 3 is 3.00 bits per heavy atom. The number of hydrogen-bond acceptors (Lipinski definition) is 6. The molecule has 0 saturated heterocycles. The second kappa shape index (κ2) is 2.70. The maximum Gasteiger partial charge on any atom is 0.199 e. The fraction of sp³-hybridized carbons (Fsp3) is 0. The summed E-state index contributed by atoms with van der Waals surface area (Å²) in [6.07, 6.45) is 3.55. The molecular weight excluding hydrogens is 174 g/mol. The highest BCUT2D eigenvalue weighted by molar-refractivity contribution is 5.84. The summed E-state index contributed by atoms with van der Waals surface area (Å²) >= 11 is 0. The first-order valence-electron chi connectivity index (χ1n) is 3.37. The van der Waals surface area contributed by atoms with Crippen molar-refractivity contribution in [3.05, 3.63) is 18.3 Å². The molecule has 0 spiro atoms. The number of hydrogen-bond donors (Lipinski definition) is 2. The summed E-state index contributed by atoms with van der Waals surface area (Å²) in [5.41, 5.74) is 0.725. The molecule has 0 unspecified atom stereocenters. The van der Waals surface area contributed by atoms with E-state index in [1.807, 2.05) is 0 Å². The summed E-state index contributed by atoms with van der Waals surface area (Å²) in [6.45, 7) is 0. The lowest BCUT2D eigenvalue weighted by Gasteiger charge is -2.02. The van der Waals surface area contributed by atoms with Crippen molar-refractivity contribution >= 4 is 6.21 Å². The van der Waals surface area contributed by atoms with E-state index in [1.54, 1.807) is 0 Å². The Morgan fingerprint density at radius 1 is 1.38 bits per heavy atom. The van der Waals surface area contributed by atoms with Crippen LogP contribution < -0.4 is 0 Å². The first-order chi connectivity index (χ1) is 6.33. The number of oxime groups is 1. The average Bonchev–Trinajstić information content (AvgIpc) is 2.59. The summed E-state index contributed by atoms with van der Waals surface area (Å²) in [5, 5.41) is 20.3. The molecule has 66 valence electrons. The van der Waals surface area contributed by atoms with Gasteiger partial charge in [0.1, 0.15) is 24.0 Å². The minimum atomic E-state index is 0.268. The van der Waals surface area contributed by atoms with Gasteiger partial charge in [0.05, 0.1) is 6.21 Å². The first-order valence-corrected chi connectivity index (χ1v) is 3.37. The van der Waals surface area contributed by atoms with Crippen molar-refractivity contribution in [2.24, 2.45) is 5.16 Å². The minimum absolute atomic E-state index is 0.268. The van der Waals surface area contributed by atoms with E-state index in [2.05, 4.69) is 20.1 Å². The van der Waals surface area contributed by atoms with Gasteiger partial charge in [0.2, 0.25) is 0 Å². The van der Waals surface area contributed by atoms with E-state index >= 15 is 0 Å². The van der Waals surface area contributed by atoms with Crippen molar-refractivity contribution in [3.63, 3.8) is 0 Å². The molecule has 0 saturated carbocycles. The van der Waals surface area contributed by atoms with Crippen LogP contribution in [0.25, 0.3) is 11.5 Å². The van der Waals surface area contributed by atoms with Gasteiger partial charge in [-0.15, -0.1) is 0 Å². The zero-order valence-electron chi connectivity index (χ0n) is 6.36. The highest BCUT2D eigenvalue weighted by Crippen LogP contribution is 2.16. The summed E-state index contributed by atoms with van der Waals surface area (Å²) in [5.74, 6) is 0.268. The predicted molar refractivity (Wildman–Crippen MR) is 41.0 cm³/mol. The quantitative estimate of drug-likeness (QED) is 0.274. The van der Waals surface area contributed by atoms with Crippen LogP contribution in [0.2, 0.25) is 0 Å². The molecule has 0 amide bonds. The van der Waals surface area contributed by atoms with Crippen LogP contribution in [0.15, 0.2) is 17.8 Å². The van der Waals surface area contributed by atoms with Gasteiger partial charge in [0.25, 0.3) is 0 Å². The highest BCUT2D eigenvalue weighted by atomic mass is 16.5. The second-order valence-corrected chi connectivity index (χ2v) is 2.26. The Labute approximate surface area is 72.3 Å². The monoisotopic (exact) mass is 179 g/mol. The van der Waals surface area contributed by atoms with Crippen molar-refractivity contribution < 1.29 is 10.4 Å². The van der Waals surface area contributed by atoms with E-state index in [0.717, 1.165) is 17.3 Å². The van der Waals surface area contributed by atoms with Crippen LogP contribution in [0.5, 0.6) is 0 Å². The molecule has 0 aromatic carbocycles. The third-order valence-electron chi connectivity index (χ3n) is 1.52. The standard InChI is InChI=1S/C6H5N5O2/c12-10-1-4-5-6(8-2-7-5)11(13)3-9-4/h1-3,12-13H/b10-1+. The molecule has 13 heavy (non-hydrogen) atoms. The van der Waals surface area contributed by atoms with Crippen LogP contribution in [0.4, 0.5) is 0 Å². The lowest BCUT2D eigenvalue weighted by Crippen LogP contribution is -2.04. The van der Waals surface area contributed by atoms with Crippen LogP contribution in [-0.4, -0.2) is 36.3 Å². The smallest absolute Gasteiger partial charge is 0.199 e. The Balaban J connectivity index is 2.67. The number of aromatic nitrogens is 4. The highest BCUT2D eigenvalue weighted by Gasteiger charge is 2.14. The van der Waals surface area contributed by atoms with E-state index in [1.165, 1.54) is 6.33 Å². The van der Waals surface area contributed by atoms with E-state index in [9.17, 15) is 5.21 Å². The molecular formula is C6H5N5O2. The number of imidazole rings is 1. The third-order valence-corrected chi connectivity index (χ3v) is 1.52. The number of fused-ring (bicyclic) bond motifs is 1. The Hall–Kier alpha value is -2.18. The molecule has 7 nitrogen and oxygen atoms in total. The zero-order chi connectivity index (χ0) is 9.26.